The molecule has 0 unspecified atom stereocenters. The van der Waals surface area contributed by atoms with Gasteiger partial charge >= 0.3 is 0 Å². The third kappa shape index (κ3) is 7.05. The molecule has 0 spiro atoms. The monoisotopic (exact) mass is 675 g/mol. The van der Waals surface area contributed by atoms with Gasteiger partial charge in [0.05, 0.1) is 34.0 Å². The number of anilines is 4. The Morgan fingerprint density at radius 2 is 1.36 bits per heavy atom. The molecule has 47 heavy (non-hydrogen) atoms. The van der Waals surface area contributed by atoms with Crippen molar-refractivity contribution in [1.29, 1.82) is 0 Å². The number of aryl methyl sites for hydroxylation is 1. The first-order chi connectivity index (χ1) is 22.1. The highest BCUT2D eigenvalue weighted by molar-refractivity contribution is 7.91. The number of nitrogens with zero attached hydrogens (tertiary/aromatic N) is 5. The van der Waals surface area contributed by atoms with Gasteiger partial charge in [0, 0.05) is 5.69 Å². The predicted molar refractivity (Wildman–Crippen MR) is 177 cm³/mol. The van der Waals surface area contributed by atoms with Gasteiger partial charge in [-0.1, -0.05) is 18.2 Å². The Balaban J connectivity index is 1.53. The first-order valence-corrected chi connectivity index (χ1v) is 16.2. The summed E-state index contributed by atoms with van der Waals surface area (Å²) in [5.41, 5.74) is 21.0. The lowest BCUT2D eigenvalue weighted by molar-refractivity contribution is 0.106. The molecule has 0 aliphatic heterocycles. The SMILES string of the molecule is Cc1cc(N=Nc2ccc(N=Nc3c(S(=O)(=O)O)cc4c(c3N)C(=O)/C(=N/Nc3ccccc3)C(S(=O)(=O)O)=C4)cc2)c(N)cc1N. The van der Waals surface area contributed by atoms with Gasteiger partial charge < -0.3 is 17.2 Å². The smallest absolute Gasteiger partial charge is 0.296 e. The third-order valence-electron chi connectivity index (χ3n) is 6.73. The molecule has 0 bridgehead atoms. The maximum Gasteiger partial charge on any atom is 0.296 e. The molecule has 0 amide bonds. The number of para-hydroxylation sites is 1. The molecule has 0 saturated carbocycles. The van der Waals surface area contributed by atoms with Crippen LogP contribution < -0.4 is 22.6 Å². The molecule has 5 rings (SSSR count). The number of nitrogens with two attached hydrogens (primary N) is 3. The van der Waals surface area contributed by atoms with Gasteiger partial charge in [0.15, 0.2) is 5.71 Å². The summed E-state index contributed by atoms with van der Waals surface area (Å²) >= 11 is 0. The maximum atomic E-state index is 13.6. The van der Waals surface area contributed by atoms with Gasteiger partial charge in [0.25, 0.3) is 20.2 Å². The number of rotatable bonds is 8. The second kappa shape index (κ2) is 12.5. The van der Waals surface area contributed by atoms with Crippen LogP contribution in [0.1, 0.15) is 21.5 Å². The van der Waals surface area contributed by atoms with E-state index >= 15 is 0 Å². The number of nitrogen functional groups attached to an aromatic ring is 3. The van der Waals surface area contributed by atoms with Crippen LogP contribution in [0, 0.1) is 6.92 Å². The summed E-state index contributed by atoms with van der Waals surface area (Å²) in [4.78, 5) is 11.8. The molecular weight excluding hydrogens is 651 g/mol. The summed E-state index contributed by atoms with van der Waals surface area (Å²) in [6.07, 6.45) is 0.802. The number of hydrazone groups is 1. The summed E-state index contributed by atoms with van der Waals surface area (Å²) in [6, 6.07) is 18.3. The highest BCUT2D eigenvalue weighted by Gasteiger charge is 2.37. The molecule has 1 aliphatic rings. The summed E-state index contributed by atoms with van der Waals surface area (Å²) in [6.45, 7) is 1.80. The van der Waals surface area contributed by atoms with Crippen molar-refractivity contribution in [3.05, 3.63) is 94.4 Å². The third-order valence-corrected chi connectivity index (χ3v) is 8.46. The molecule has 18 heteroatoms. The van der Waals surface area contributed by atoms with Crippen LogP contribution in [0.5, 0.6) is 0 Å². The number of carbonyl (C=O) groups excluding carboxylic acids is 1. The van der Waals surface area contributed by atoms with Gasteiger partial charge in [0.1, 0.15) is 21.2 Å². The summed E-state index contributed by atoms with van der Waals surface area (Å²) < 4.78 is 68.9. The largest absolute Gasteiger partial charge is 0.398 e. The number of Topliss-reactive ketones (excluding diaryl/α,β-unsaturated/α-hetero) is 1. The van der Waals surface area contributed by atoms with Crippen LogP contribution in [-0.2, 0) is 20.2 Å². The van der Waals surface area contributed by atoms with E-state index in [1.165, 1.54) is 24.3 Å². The van der Waals surface area contributed by atoms with Gasteiger partial charge in [-0.25, -0.2) is 0 Å². The standard InChI is InChI=1S/C29H25N9O7S2/c1-15-11-22(21(31)14-20(15)30)36-33-18-7-9-19(10-8-18)35-37-27-23(46(40,41)42)12-16-13-24(47(43,44)45)28(29(39)25(16)26(27)32)38-34-17-5-3-2-4-6-17/h2-14,34H,30-32H2,1H3,(H,40,41,42)(H,43,44,45)/b36-33?,37-35?,38-28+. The van der Waals surface area contributed by atoms with Crippen LogP contribution in [0.3, 0.4) is 0 Å². The Bertz CT molecular complexity index is 2270. The van der Waals surface area contributed by atoms with E-state index in [-0.39, 0.29) is 16.8 Å². The molecule has 16 nitrogen and oxygen atoms in total. The van der Waals surface area contributed by atoms with Crippen LogP contribution in [0.15, 0.2) is 108 Å². The number of allylic oxidation sites excluding steroid dienone is 1. The van der Waals surface area contributed by atoms with Crippen molar-refractivity contribution in [1.82, 2.24) is 0 Å². The quantitative estimate of drug-likeness (QED) is 0.0569. The molecule has 0 fully saturated rings. The van der Waals surface area contributed by atoms with Crippen LogP contribution in [0.4, 0.5) is 45.5 Å². The van der Waals surface area contributed by atoms with E-state index in [0.29, 0.717) is 28.4 Å². The number of ketones is 1. The van der Waals surface area contributed by atoms with Crippen LogP contribution in [-0.4, -0.2) is 37.4 Å². The normalized spacial score (nSPS) is 14.5. The van der Waals surface area contributed by atoms with E-state index in [1.807, 2.05) is 0 Å². The van der Waals surface area contributed by atoms with E-state index in [9.17, 15) is 30.7 Å². The second-order valence-electron chi connectivity index (χ2n) is 10.0. The Morgan fingerprint density at radius 3 is 1.96 bits per heavy atom. The fraction of sp³-hybridized carbons (Fsp3) is 0.0345. The first-order valence-electron chi connectivity index (χ1n) is 13.3. The van der Waals surface area contributed by atoms with Crippen molar-refractivity contribution in [3.8, 4) is 0 Å². The van der Waals surface area contributed by atoms with Crippen LogP contribution in [0.2, 0.25) is 0 Å². The average molecular weight is 676 g/mol. The molecule has 240 valence electrons. The highest BCUT2D eigenvalue weighted by Crippen LogP contribution is 2.41. The number of fused-ring (bicyclic) bond motifs is 1. The Labute approximate surface area is 267 Å². The van der Waals surface area contributed by atoms with E-state index in [4.69, 9.17) is 17.2 Å². The molecule has 0 heterocycles. The molecule has 0 aromatic heterocycles. The lowest BCUT2D eigenvalue weighted by Gasteiger charge is -2.20. The Kier molecular flexibility index (Phi) is 8.68. The lowest BCUT2D eigenvalue weighted by atomic mass is 9.92. The average Bonchev–Trinajstić information content (AvgIpc) is 3.01. The van der Waals surface area contributed by atoms with E-state index in [1.54, 1.807) is 49.4 Å². The zero-order valence-electron chi connectivity index (χ0n) is 24.2. The van der Waals surface area contributed by atoms with Gasteiger partial charge in [-0.15, -0.1) is 10.2 Å². The van der Waals surface area contributed by atoms with Crippen molar-refractivity contribution in [2.75, 3.05) is 22.6 Å². The van der Waals surface area contributed by atoms with Crippen molar-refractivity contribution in [2.24, 2.45) is 25.6 Å². The van der Waals surface area contributed by atoms with Gasteiger partial charge in [-0.2, -0.15) is 32.2 Å². The minimum absolute atomic E-state index is 0.194. The zero-order valence-corrected chi connectivity index (χ0v) is 25.9. The van der Waals surface area contributed by atoms with Crippen molar-refractivity contribution in [2.45, 2.75) is 11.8 Å². The van der Waals surface area contributed by atoms with Crippen molar-refractivity contribution in [3.63, 3.8) is 0 Å². The van der Waals surface area contributed by atoms with E-state index in [0.717, 1.165) is 17.7 Å². The number of hydrogen-bond acceptors (Lipinski definition) is 14. The fourth-order valence-corrected chi connectivity index (χ4v) is 5.68. The first kappa shape index (κ1) is 32.6. The van der Waals surface area contributed by atoms with Gasteiger partial charge in [0.2, 0.25) is 5.78 Å². The molecule has 0 atom stereocenters. The predicted octanol–water partition coefficient (Wildman–Crippen LogP) is 5.71. The minimum Gasteiger partial charge on any atom is -0.398 e. The lowest BCUT2D eigenvalue weighted by Crippen LogP contribution is -2.28. The number of carbonyl (C=O) groups is 1. The Morgan fingerprint density at radius 1 is 0.745 bits per heavy atom. The summed E-state index contributed by atoms with van der Waals surface area (Å²) in [7, 11) is -10.1. The van der Waals surface area contributed by atoms with E-state index in [2.05, 4.69) is 31.0 Å². The molecule has 9 N–H and O–H groups in total. The Hall–Kier alpha value is -5.82. The fourth-order valence-electron chi connectivity index (χ4n) is 4.35. The van der Waals surface area contributed by atoms with Gasteiger partial charge in [-0.3, -0.25) is 19.3 Å². The van der Waals surface area contributed by atoms with Crippen LogP contribution in [0.25, 0.3) is 6.08 Å². The maximum absolute atomic E-state index is 13.6. The molecule has 0 saturated heterocycles. The number of benzene rings is 4. The highest BCUT2D eigenvalue weighted by atomic mass is 32.2. The van der Waals surface area contributed by atoms with E-state index < -0.39 is 52.9 Å². The minimum atomic E-state index is -5.05. The molecule has 4 aromatic carbocycles. The molecule has 4 aromatic rings. The molecular formula is C29H25N9O7S2. The summed E-state index contributed by atoms with van der Waals surface area (Å²) in [5, 5.41) is 20.0. The number of azo groups is 2. The number of hydrogen-bond donors (Lipinski definition) is 6. The molecule has 0 radical (unpaired) electrons. The zero-order chi connectivity index (χ0) is 34.1. The van der Waals surface area contributed by atoms with Crippen LogP contribution >= 0.6 is 0 Å². The van der Waals surface area contributed by atoms with Crippen molar-refractivity contribution >= 4 is 83.3 Å². The molecule has 1 aliphatic carbocycles. The number of nitrogens with one attached hydrogen (secondary N) is 1. The van der Waals surface area contributed by atoms with Crippen molar-refractivity contribution < 1.29 is 30.7 Å². The van der Waals surface area contributed by atoms with Gasteiger partial charge in [-0.05, 0) is 78.7 Å². The summed E-state index contributed by atoms with van der Waals surface area (Å²) in [5.74, 6) is -1.08. The second-order valence-corrected chi connectivity index (χ2v) is 12.8. The topological polar surface area (TPSA) is 278 Å².